The average molecular weight is 584 g/mol. The molecule has 6 rings (SSSR count). The molecular weight excluding hydrogens is 550 g/mol. The van der Waals surface area contributed by atoms with Crippen LogP contribution in [0.25, 0.3) is 11.1 Å². The lowest BCUT2D eigenvalue weighted by atomic mass is 9.65. The van der Waals surface area contributed by atoms with Crippen LogP contribution in [0.3, 0.4) is 0 Å². The highest BCUT2D eigenvalue weighted by Gasteiger charge is 2.46. The van der Waals surface area contributed by atoms with Gasteiger partial charge in [0, 0.05) is 5.92 Å². The molecule has 5 aromatic rings. The molecule has 0 unspecified atom stereocenters. The Labute approximate surface area is 258 Å². The van der Waals surface area contributed by atoms with E-state index in [1.807, 2.05) is 115 Å². The number of hydrogen-bond acceptors (Lipinski definition) is 4. The molecule has 0 spiro atoms. The quantitative estimate of drug-likeness (QED) is 0.130. The van der Waals surface area contributed by atoms with Crippen molar-refractivity contribution in [1.82, 2.24) is 5.32 Å². The summed E-state index contributed by atoms with van der Waals surface area (Å²) in [5, 5.41) is 2.94. The molecule has 43 heavy (non-hydrogen) atoms. The summed E-state index contributed by atoms with van der Waals surface area (Å²) in [6.45, 7) is 0.169. The number of carbonyl (C=O) groups excluding carboxylic acids is 2. The van der Waals surface area contributed by atoms with Crippen molar-refractivity contribution in [2.24, 2.45) is 0 Å². The van der Waals surface area contributed by atoms with Gasteiger partial charge in [0.05, 0.1) is 6.04 Å². The van der Waals surface area contributed by atoms with Crippen LogP contribution in [0, 0.1) is 0 Å². The summed E-state index contributed by atoms with van der Waals surface area (Å²) in [5.74, 6) is 0.196. The summed E-state index contributed by atoms with van der Waals surface area (Å²) in [6.07, 6.45) is -0.273. The first-order valence-corrected chi connectivity index (χ1v) is 15.2. The summed E-state index contributed by atoms with van der Waals surface area (Å²) in [4.78, 5) is 28.4. The van der Waals surface area contributed by atoms with Gasteiger partial charge < -0.3 is 10.1 Å². The van der Waals surface area contributed by atoms with Crippen LogP contribution in [0.5, 0.6) is 0 Å². The van der Waals surface area contributed by atoms with Crippen LogP contribution in [0.15, 0.2) is 140 Å². The Morgan fingerprint density at radius 3 is 1.51 bits per heavy atom. The molecule has 5 aromatic carbocycles. The zero-order valence-electron chi connectivity index (χ0n) is 23.7. The molecular formula is C38H33NO3S. The lowest BCUT2D eigenvalue weighted by molar-refractivity contribution is -0.124. The lowest BCUT2D eigenvalue weighted by Crippen LogP contribution is -2.52. The maximum atomic E-state index is 15.0. The Bertz CT molecular complexity index is 1560. The van der Waals surface area contributed by atoms with Gasteiger partial charge in [-0.25, -0.2) is 4.79 Å². The van der Waals surface area contributed by atoms with Gasteiger partial charge >= 0.3 is 6.09 Å². The van der Waals surface area contributed by atoms with Gasteiger partial charge in [0.2, 0.25) is 0 Å². The third kappa shape index (κ3) is 5.37. The molecule has 0 radical (unpaired) electrons. The lowest BCUT2D eigenvalue weighted by Gasteiger charge is -2.37. The van der Waals surface area contributed by atoms with Crippen LogP contribution in [0.1, 0.15) is 40.2 Å². The van der Waals surface area contributed by atoms with Crippen molar-refractivity contribution in [2.45, 2.75) is 23.8 Å². The molecule has 1 atom stereocenters. The van der Waals surface area contributed by atoms with Crippen molar-refractivity contribution in [3.63, 3.8) is 0 Å². The first-order valence-electron chi connectivity index (χ1n) is 14.6. The monoisotopic (exact) mass is 583 g/mol. The second-order valence-corrected chi connectivity index (χ2v) is 11.2. The van der Waals surface area contributed by atoms with E-state index in [-0.39, 0.29) is 18.3 Å². The van der Waals surface area contributed by atoms with Gasteiger partial charge in [-0.15, -0.1) is 0 Å². The largest absolute Gasteiger partial charge is 0.449 e. The second kappa shape index (κ2) is 12.7. The van der Waals surface area contributed by atoms with E-state index in [1.165, 1.54) is 0 Å². The third-order valence-corrected chi connectivity index (χ3v) is 8.62. The van der Waals surface area contributed by atoms with E-state index >= 15 is 0 Å². The Hall–Kier alpha value is -4.61. The average Bonchev–Trinajstić information content (AvgIpc) is 3.39. The van der Waals surface area contributed by atoms with Crippen molar-refractivity contribution >= 4 is 24.5 Å². The highest BCUT2D eigenvalue weighted by Crippen LogP contribution is 2.45. The summed E-state index contributed by atoms with van der Waals surface area (Å²) < 4.78 is 5.87. The molecule has 214 valence electrons. The fourth-order valence-electron chi connectivity index (χ4n) is 6.43. The number of rotatable bonds is 10. The van der Waals surface area contributed by atoms with E-state index in [0.717, 1.165) is 38.9 Å². The van der Waals surface area contributed by atoms with Gasteiger partial charge in [-0.2, -0.15) is 12.6 Å². The predicted molar refractivity (Wildman–Crippen MR) is 175 cm³/mol. The van der Waals surface area contributed by atoms with E-state index < -0.39 is 17.6 Å². The maximum Gasteiger partial charge on any atom is 0.407 e. The molecule has 0 aliphatic heterocycles. The molecule has 5 heteroatoms. The summed E-state index contributed by atoms with van der Waals surface area (Å²) in [7, 11) is 0. The molecule has 1 aliphatic rings. The Balaban J connectivity index is 1.32. The first kappa shape index (κ1) is 28.5. The number of ether oxygens (including phenoxy) is 1. The van der Waals surface area contributed by atoms with E-state index in [4.69, 9.17) is 4.74 Å². The second-order valence-electron chi connectivity index (χ2n) is 10.7. The minimum absolute atomic E-state index is 0.0748. The Kier molecular flexibility index (Phi) is 8.43. The number of nitrogens with one attached hydrogen (secondary N) is 1. The Morgan fingerprint density at radius 2 is 1.07 bits per heavy atom. The van der Waals surface area contributed by atoms with Crippen molar-refractivity contribution in [3.05, 3.63) is 167 Å². The van der Waals surface area contributed by atoms with E-state index in [1.54, 1.807) is 0 Å². The normalized spacial score (nSPS) is 13.0. The third-order valence-electron chi connectivity index (χ3n) is 8.36. The predicted octanol–water partition coefficient (Wildman–Crippen LogP) is 7.82. The molecule has 4 nitrogen and oxygen atoms in total. The molecule has 0 heterocycles. The molecule has 0 saturated heterocycles. The van der Waals surface area contributed by atoms with Crippen LogP contribution < -0.4 is 5.32 Å². The summed E-state index contributed by atoms with van der Waals surface area (Å²) in [5.41, 5.74) is 5.92. The van der Waals surface area contributed by atoms with E-state index in [9.17, 15) is 9.59 Å². The number of carbonyl (C=O) groups is 2. The van der Waals surface area contributed by atoms with Gasteiger partial charge in [0.1, 0.15) is 12.0 Å². The van der Waals surface area contributed by atoms with Crippen LogP contribution >= 0.6 is 12.6 Å². The molecule has 0 aromatic heterocycles. The van der Waals surface area contributed by atoms with E-state index in [2.05, 4.69) is 42.2 Å². The van der Waals surface area contributed by atoms with Crippen molar-refractivity contribution in [3.8, 4) is 11.1 Å². The van der Waals surface area contributed by atoms with Crippen LogP contribution in [-0.2, 0) is 14.9 Å². The smallest absolute Gasteiger partial charge is 0.407 e. The fourth-order valence-corrected chi connectivity index (χ4v) is 6.69. The first-order chi connectivity index (χ1) is 21.1. The molecule has 0 bridgehead atoms. The van der Waals surface area contributed by atoms with Gasteiger partial charge in [-0.1, -0.05) is 140 Å². The van der Waals surface area contributed by atoms with E-state index in [0.29, 0.717) is 12.2 Å². The maximum absolute atomic E-state index is 15.0. The van der Waals surface area contributed by atoms with Crippen molar-refractivity contribution in [2.75, 3.05) is 12.4 Å². The minimum atomic E-state index is -1.16. The van der Waals surface area contributed by atoms with Crippen LogP contribution in [-0.4, -0.2) is 30.3 Å². The van der Waals surface area contributed by atoms with Gasteiger partial charge in [-0.3, -0.25) is 4.79 Å². The number of alkyl carbamates (subject to hydrolysis) is 1. The zero-order chi connectivity index (χ0) is 29.6. The fraction of sp³-hybridized carbons (Fsp3) is 0.158. The molecule has 1 aliphatic carbocycles. The molecule has 0 fully saturated rings. The Morgan fingerprint density at radius 1 is 0.651 bits per heavy atom. The number of Topliss-reactive ketones (excluding diaryl/α,β-unsaturated/α-hetero) is 1. The zero-order valence-corrected chi connectivity index (χ0v) is 24.6. The number of hydrogen-bond donors (Lipinski definition) is 2. The number of thiol groups is 1. The molecule has 1 amide bonds. The number of ketones is 1. The highest BCUT2D eigenvalue weighted by atomic mass is 32.1. The highest BCUT2D eigenvalue weighted by molar-refractivity contribution is 7.80. The number of fused-ring (bicyclic) bond motifs is 3. The van der Waals surface area contributed by atoms with Gasteiger partial charge in [-0.05, 0) is 51.1 Å². The number of amides is 1. The summed E-state index contributed by atoms with van der Waals surface area (Å²) >= 11 is 4.48. The summed E-state index contributed by atoms with van der Waals surface area (Å²) in [6, 6.07) is 44.9. The number of benzene rings is 5. The van der Waals surface area contributed by atoms with Crippen LogP contribution in [0.2, 0.25) is 0 Å². The molecule has 0 saturated carbocycles. The topological polar surface area (TPSA) is 55.4 Å². The minimum Gasteiger partial charge on any atom is -0.449 e. The standard InChI is InChI=1S/C38H33NO3S/c40-36(38(27-14-4-1-5-15-27,28-16-6-2-7-17-28)29-18-8-3-9-19-29)35(24-25-43)39-37(41)42-26-34-32-22-12-10-20-30(32)31-21-11-13-23-33(31)34/h1-23,34-35,43H,24-26H2,(H,39,41)/t35-/m0/s1. The van der Waals surface area contributed by atoms with Gasteiger partial charge in [0.25, 0.3) is 0 Å². The van der Waals surface area contributed by atoms with Crippen molar-refractivity contribution in [1.29, 1.82) is 0 Å². The van der Waals surface area contributed by atoms with Crippen LogP contribution in [0.4, 0.5) is 4.79 Å². The molecule has 1 N–H and O–H groups in total. The van der Waals surface area contributed by atoms with Gasteiger partial charge in [0.15, 0.2) is 5.78 Å². The van der Waals surface area contributed by atoms with Crippen molar-refractivity contribution < 1.29 is 14.3 Å². The SMILES string of the molecule is O=C(N[C@@H](CCS)C(=O)C(c1ccccc1)(c1ccccc1)c1ccccc1)OCC1c2ccccc2-c2ccccc21.